The first-order valence-electron chi connectivity index (χ1n) is 12.2. The molecular weight excluding hydrogens is 474 g/mol. The minimum Gasteiger partial charge on any atom is -0.489 e. The summed E-state index contributed by atoms with van der Waals surface area (Å²) in [7, 11) is -3.94. The van der Waals surface area contributed by atoms with Crippen molar-refractivity contribution in [3.63, 3.8) is 0 Å². The van der Waals surface area contributed by atoms with Crippen molar-refractivity contribution < 1.29 is 17.9 Å². The lowest BCUT2D eigenvalue weighted by Crippen LogP contribution is -2.28. The number of nitrogens with zero attached hydrogens (tertiary/aromatic N) is 2. The zero-order valence-corrected chi connectivity index (χ0v) is 21.0. The van der Waals surface area contributed by atoms with E-state index in [-0.39, 0.29) is 4.90 Å². The van der Waals surface area contributed by atoms with E-state index < -0.39 is 15.9 Å². The molecule has 1 aliphatic carbocycles. The summed E-state index contributed by atoms with van der Waals surface area (Å²) in [5.41, 5.74) is 3.52. The van der Waals surface area contributed by atoms with Crippen LogP contribution >= 0.6 is 0 Å². The molecule has 1 aliphatic rings. The van der Waals surface area contributed by atoms with Crippen LogP contribution in [0.3, 0.4) is 0 Å². The summed E-state index contributed by atoms with van der Waals surface area (Å²) in [6.07, 6.45) is 5.66. The standard InChI is InChI=1S/C28H29N3O4S/c1-20(32)30-36(33,34)25-16-17-27-26(18-25)29-28(31(27)23-10-6-3-7-11-23)22-12-14-24(15-13-22)35-19-21-8-4-2-5-9-21/h2,4-5,8-9,12-18,23H,3,6-7,10-11,19H2,1H3,(H,30,32). The number of rotatable bonds is 7. The third-order valence-electron chi connectivity index (χ3n) is 6.55. The fourth-order valence-electron chi connectivity index (χ4n) is 4.85. The van der Waals surface area contributed by atoms with Gasteiger partial charge in [-0.3, -0.25) is 4.79 Å². The van der Waals surface area contributed by atoms with E-state index in [1.54, 1.807) is 18.2 Å². The first-order chi connectivity index (χ1) is 17.4. The molecule has 0 atom stereocenters. The van der Waals surface area contributed by atoms with Crippen LogP contribution in [-0.4, -0.2) is 23.9 Å². The highest BCUT2D eigenvalue weighted by atomic mass is 32.2. The quantitative estimate of drug-likeness (QED) is 0.354. The van der Waals surface area contributed by atoms with Crippen LogP contribution in [0, 0.1) is 0 Å². The third-order valence-corrected chi connectivity index (χ3v) is 7.98. The summed E-state index contributed by atoms with van der Waals surface area (Å²) < 4.78 is 35.4. The minimum absolute atomic E-state index is 0.0229. The predicted octanol–water partition coefficient (Wildman–Crippen LogP) is 5.61. The molecule has 3 aromatic carbocycles. The van der Waals surface area contributed by atoms with Gasteiger partial charge >= 0.3 is 0 Å². The molecule has 8 heteroatoms. The molecule has 1 saturated carbocycles. The number of imidazole rings is 1. The second-order valence-corrected chi connectivity index (χ2v) is 10.9. The lowest BCUT2D eigenvalue weighted by Gasteiger charge is -2.25. The summed E-state index contributed by atoms with van der Waals surface area (Å²) in [6, 6.07) is 23.1. The number of sulfonamides is 1. The number of carbonyl (C=O) groups is 1. The smallest absolute Gasteiger partial charge is 0.264 e. The molecule has 0 unspecified atom stereocenters. The molecule has 7 nitrogen and oxygen atoms in total. The molecule has 1 N–H and O–H groups in total. The summed E-state index contributed by atoms with van der Waals surface area (Å²) in [5, 5.41) is 0. The molecule has 1 aromatic heterocycles. The third kappa shape index (κ3) is 5.14. The van der Waals surface area contributed by atoms with Crippen molar-refractivity contribution in [1.82, 2.24) is 14.3 Å². The van der Waals surface area contributed by atoms with E-state index in [0.29, 0.717) is 18.2 Å². The first kappa shape index (κ1) is 24.1. The Kier molecular flexibility index (Phi) is 6.78. The molecule has 1 amide bonds. The Morgan fingerprint density at radius 3 is 2.42 bits per heavy atom. The molecule has 36 heavy (non-hydrogen) atoms. The van der Waals surface area contributed by atoms with Crippen molar-refractivity contribution in [2.45, 2.75) is 56.6 Å². The molecule has 0 bridgehead atoms. The van der Waals surface area contributed by atoms with Crippen LogP contribution < -0.4 is 9.46 Å². The van der Waals surface area contributed by atoms with Crippen LogP contribution in [0.5, 0.6) is 5.75 Å². The fraction of sp³-hybridized carbons (Fsp3) is 0.286. The number of ether oxygens (including phenoxy) is 1. The largest absolute Gasteiger partial charge is 0.489 e. The van der Waals surface area contributed by atoms with Crippen LogP contribution in [-0.2, 0) is 21.4 Å². The van der Waals surface area contributed by atoms with E-state index in [9.17, 15) is 13.2 Å². The molecule has 5 rings (SSSR count). The molecule has 0 aliphatic heterocycles. The van der Waals surface area contributed by atoms with E-state index in [1.807, 2.05) is 59.3 Å². The van der Waals surface area contributed by atoms with Crippen molar-refractivity contribution in [1.29, 1.82) is 0 Å². The second kappa shape index (κ2) is 10.1. The highest BCUT2D eigenvalue weighted by Crippen LogP contribution is 2.37. The normalized spacial score (nSPS) is 14.6. The van der Waals surface area contributed by atoms with Gasteiger partial charge in [-0.25, -0.2) is 18.1 Å². The monoisotopic (exact) mass is 503 g/mol. The van der Waals surface area contributed by atoms with Gasteiger partial charge in [0, 0.05) is 18.5 Å². The number of hydrogen-bond donors (Lipinski definition) is 1. The van der Waals surface area contributed by atoms with Gasteiger partial charge in [0.05, 0.1) is 15.9 Å². The van der Waals surface area contributed by atoms with Crippen LogP contribution in [0.25, 0.3) is 22.4 Å². The van der Waals surface area contributed by atoms with Gasteiger partial charge in [-0.05, 0) is 60.9 Å². The van der Waals surface area contributed by atoms with Crippen LogP contribution in [0.1, 0.15) is 50.6 Å². The zero-order valence-electron chi connectivity index (χ0n) is 20.2. The topological polar surface area (TPSA) is 90.3 Å². The van der Waals surface area contributed by atoms with Crippen molar-refractivity contribution in [2.24, 2.45) is 0 Å². The number of aromatic nitrogens is 2. The predicted molar refractivity (Wildman–Crippen MR) is 139 cm³/mol. The maximum atomic E-state index is 12.6. The molecule has 0 spiro atoms. The Hall–Kier alpha value is -3.65. The Morgan fingerprint density at radius 1 is 1.00 bits per heavy atom. The van der Waals surface area contributed by atoms with Gasteiger partial charge in [0.2, 0.25) is 5.91 Å². The highest BCUT2D eigenvalue weighted by molar-refractivity contribution is 7.90. The molecule has 4 aromatic rings. The molecule has 0 radical (unpaired) electrons. The molecule has 1 fully saturated rings. The van der Waals surface area contributed by atoms with Gasteiger partial charge in [0.15, 0.2) is 0 Å². The Bertz CT molecular complexity index is 1470. The molecule has 0 saturated heterocycles. The first-order valence-corrected chi connectivity index (χ1v) is 13.7. The molecular formula is C28H29N3O4S. The number of hydrogen-bond acceptors (Lipinski definition) is 5. The molecule has 1 heterocycles. The minimum atomic E-state index is -3.94. The lowest BCUT2D eigenvalue weighted by atomic mass is 9.95. The van der Waals surface area contributed by atoms with Crippen LogP contribution in [0.2, 0.25) is 0 Å². The van der Waals surface area contributed by atoms with Crippen LogP contribution in [0.15, 0.2) is 77.7 Å². The van der Waals surface area contributed by atoms with Gasteiger partial charge in [-0.1, -0.05) is 49.6 Å². The van der Waals surface area contributed by atoms with E-state index in [2.05, 4.69) is 4.57 Å². The lowest BCUT2D eigenvalue weighted by molar-refractivity contribution is -0.117. The summed E-state index contributed by atoms with van der Waals surface area (Å²) >= 11 is 0. The Morgan fingerprint density at radius 2 is 1.72 bits per heavy atom. The maximum absolute atomic E-state index is 12.6. The number of carbonyl (C=O) groups excluding carboxylic acids is 1. The van der Waals surface area contributed by atoms with Gasteiger partial charge in [-0.15, -0.1) is 0 Å². The number of nitrogens with one attached hydrogen (secondary N) is 1. The summed E-state index contributed by atoms with van der Waals surface area (Å²) in [4.78, 5) is 16.3. The Labute approximate surface area is 211 Å². The zero-order chi connectivity index (χ0) is 25.1. The maximum Gasteiger partial charge on any atom is 0.264 e. The highest BCUT2D eigenvalue weighted by Gasteiger charge is 2.24. The van der Waals surface area contributed by atoms with E-state index in [0.717, 1.165) is 53.9 Å². The van der Waals surface area contributed by atoms with Crippen LogP contribution in [0.4, 0.5) is 0 Å². The van der Waals surface area contributed by atoms with Gasteiger partial charge in [0.25, 0.3) is 10.0 Å². The molecule has 186 valence electrons. The van der Waals surface area contributed by atoms with E-state index in [4.69, 9.17) is 9.72 Å². The van der Waals surface area contributed by atoms with Gasteiger partial charge < -0.3 is 9.30 Å². The fourth-order valence-corrected chi connectivity index (χ4v) is 5.86. The average Bonchev–Trinajstić information content (AvgIpc) is 3.27. The summed E-state index contributed by atoms with van der Waals surface area (Å²) in [5.74, 6) is 0.949. The van der Waals surface area contributed by atoms with Crippen molar-refractivity contribution in [3.05, 3.63) is 78.4 Å². The summed E-state index contributed by atoms with van der Waals surface area (Å²) in [6.45, 7) is 1.67. The number of benzene rings is 3. The number of amides is 1. The number of fused-ring (bicyclic) bond motifs is 1. The second-order valence-electron chi connectivity index (χ2n) is 9.21. The van der Waals surface area contributed by atoms with Crippen molar-refractivity contribution >= 4 is 27.0 Å². The van der Waals surface area contributed by atoms with E-state index in [1.165, 1.54) is 13.3 Å². The van der Waals surface area contributed by atoms with Gasteiger partial charge in [-0.2, -0.15) is 0 Å². The average molecular weight is 504 g/mol. The Balaban J connectivity index is 1.50. The van der Waals surface area contributed by atoms with Gasteiger partial charge in [0.1, 0.15) is 18.2 Å². The van der Waals surface area contributed by atoms with E-state index >= 15 is 0 Å². The van der Waals surface area contributed by atoms with Crippen molar-refractivity contribution in [2.75, 3.05) is 0 Å². The SMILES string of the molecule is CC(=O)NS(=O)(=O)c1ccc2c(c1)nc(-c1ccc(OCc3ccccc3)cc1)n2C1CCCCC1. The van der Waals surface area contributed by atoms with Crippen molar-refractivity contribution in [3.8, 4) is 17.1 Å².